The van der Waals surface area contributed by atoms with Crippen molar-refractivity contribution in [2.75, 3.05) is 19.7 Å². The summed E-state index contributed by atoms with van der Waals surface area (Å²) in [6.07, 6.45) is 9.43. The Bertz CT molecular complexity index is 274. The van der Waals surface area contributed by atoms with Crippen LogP contribution in [0.4, 0.5) is 0 Å². The Labute approximate surface area is 97.1 Å². The molecular formula is C13H21NO2. The van der Waals surface area contributed by atoms with Gasteiger partial charge in [-0.2, -0.15) is 0 Å². The van der Waals surface area contributed by atoms with Gasteiger partial charge in [-0.15, -0.1) is 0 Å². The van der Waals surface area contributed by atoms with Gasteiger partial charge >= 0.3 is 0 Å². The van der Waals surface area contributed by atoms with E-state index in [0.717, 1.165) is 12.0 Å². The molecule has 0 aromatic heterocycles. The predicted molar refractivity (Wildman–Crippen MR) is 60.1 cm³/mol. The quantitative estimate of drug-likeness (QED) is 0.667. The van der Waals surface area contributed by atoms with E-state index in [4.69, 9.17) is 9.47 Å². The van der Waals surface area contributed by atoms with Crippen LogP contribution in [-0.4, -0.2) is 43.0 Å². The zero-order valence-electron chi connectivity index (χ0n) is 9.86. The molecule has 3 heterocycles. The average Bonchev–Trinajstić information content (AvgIpc) is 3.22. The first-order chi connectivity index (χ1) is 7.86. The van der Waals surface area contributed by atoms with Crippen molar-refractivity contribution in [3.8, 4) is 0 Å². The second-order valence-corrected chi connectivity index (χ2v) is 6.08. The van der Waals surface area contributed by atoms with Gasteiger partial charge in [0.05, 0.1) is 6.10 Å². The molecule has 1 saturated carbocycles. The Hall–Kier alpha value is -0.120. The summed E-state index contributed by atoms with van der Waals surface area (Å²) in [6.45, 7) is 3.46. The third kappa shape index (κ3) is 1.60. The third-order valence-electron chi connectivity index (χ3n) is 5.01. The minimum Gasteiger partial charge on any atom is -0.375 e. The highest BCUT2D eigenvalue weighted by Crippen LogP contribution is 2.54. The molecule has 0 amide bonds. The largest absolute Gasteiger partial charge is 0.375 e. The number of likely N-dealkylation sites (tertiary alicyclic amines) is 1. The van der Waals surface area contributed by atoms with Crippen LogP contribution in [0.3, 0.4) is 0 Å². The van der Waals surface area contributed by atoms with Gasteiger partial charge in [0.1, 0.15) is 12.3 Å². The van der Waals surface area contributed by atoms with Gasteiger partial charge in [-0.3, -0.25) is 4.90 Å². The monoisotopic (exact) mass is 223 g/mol. The summed E-state index contributed by atoms with van der Waals surface area (Å²) in [6, 6.07) is 0. The van der Waals surface area contributed by atoms with E-state index in [1.54, 1.807) is 0 Å². The van der Waals surface area contributed by atoms with E-state index in [2.05, 4.69) is 4.90 Å². The van der Waals surface area contributed by atoms with Gasteiger partial charge in [0.15, 0.2) is 0 Å². The summed E-state index contributed by atoms with van der Waals surface area (Å²) in [7, 11) is 0. The Morgan fingerprint density at radius 2 is 1.88 bits per heavy atom. The fourth-order valence-corrected chi connectivity index (χ4v) is 3.47. The summed E-state index contributed by atoms with van der Waals surface area (Å²) in [5.41, 5.74) is 0.782. The molecule has 1 aliphatic carbocycles. The maximum absolute atomic E-state index is 5.83. The van der Waals surface area contributed by atoms with Crippen LogP contribution in [0.2, 0.25) is 0 Å². The minimum absolute atomic E-state index is 0.399. The molecular weight excluding hydrogens is 202 g/mol. The van der Waals surface area contributed by atoms with E-state index in [-0.39, 0.29) is 0 Å². The minimum atomic E-state index is 0.399. The Morgan fingerprint density at radius 1 is 1.06 bits per heavy atom. The van der Waals surface area contributed by atoms with Gasteiger partial charge < -0.3 is 9.47 Å². The molecule has 1 spiro atoms. The number of epoxide rings is 1. The number of ether oxygens (including phenoxy) is 2. The van der Waals surface area contributed by atoms with Crippen LogP contribution in [0.1, 0.15) is 38.5 Å². The topological polar surface area (TPSA) is 25.0 Å². The van der Waals surface area contributed by atoms with Gasteiger partial charge in [0.25, 0.3) is 0 Å². The number of hydrogen-bond acceptors (Lipinski definition) is 3. The Kier molecular flexibility index (Phi) is 2.12. The second-order valence-electron chi connectivity index (χ2n) is 6.08. The molecule has 4 aliphatic rings. The lowest BCUT2D eigenvalue weighted by Crippen LogP contribution is -2.38. The molecule has 0 aromatic carbocycles. The van der Waals surface area contributed by atoms with Crippen LogP contribution in [0, 0.1) is 5.41 Å². The fourth-order valence-electron chi connectivity index (χ4n) is 3.47. The number of rotatable bonds is 2. The van der Waals surface area contributed by atoms with Crippen LogP contribution in [-0.2, 0) is 9.47 Å². The molecule has 3 nitrogen and oxygen atoms in total. The highest BCUT2D eigenvalue weighted by molar-refractivity contribution is 5.00. The summed E-state index contributed by atoms with van der Waals surface area (Å²) >= 11 is 0. The summed E-state index contributed by atoms with van der Waals surface area (Å²) < 4.78 is 11.5. The van der Waals surface area contributed by atoms with Crippen LogP contribution in [0.25, 0.3) is 0 Å². The van der Waals surface area contributed by atoms with E-state index in [1.165, 1.54) is 51.6 Å². The Balaban J connectivity index is 1.31. The smallest absolute Gasteiger partial charge is 0.140 e. The van der Waals surface area contributed by atoms with Crippen molar-refractivity contribution in [3.05, 3.63) is 0 Å². The van der Waals surface area contributed by atoms with Crippen molar-refractivity contribution >= 4 is 0 Å². The average molecular weight is 223 g/mol. The lowest BCUT2D eigenvalue weighted by Gasteiger charge is -2.31. The van der Waals surface area contributed by atoms with Crippen molar-refractivity contribution < 1.29 is 9.47 Å². The third-order valence-corrected chi connectivity index (χ3v) is 5.01. The summed E-state index contributed by atoms with van der Waals surface area (Å²) in [5, 5.41) is 0. The molecule has 3 aliphatic heterocycles. The van der Waals surface area contributed by atoms with Gasteiger partial charge in [0, 0.05) is 19.7 Å². The van der Waals surface area contributed by atoms with Crippen LogP contribution < -0.4 is 0 Å². The molecule has 16 heavy (non-hydrogen) atoms. The molecule has 0 aromatic rings. The summed E-state index contributed by atoms with van der Waals surface area (Å²) in [5.74, 6) is 0. The molecule has 3 saturated heterocycles. The van der Waals surface area contributed by atoms with Crippen molar-refractivity contribution in [1.29, 1.82) is 0 Å². The molecule has 0 bridgehead atoms. The lowest BCUT2D eigenvalue weighted by molar-refractivity contribution is 0.0858. The van der Waals surface area contributed by atoms with Crippen LogP contribution in [0.15, 0.2) is 0 Å². The number of piperidine rings is 1. The van der Waals surface area contributed by atoms with Crippen LogP contribution >= 0.6 is 0 Å². The van der Waals surface area contributed by atoms with Gasteiger partial charge in [0.2, 0.25) is 0 Å². The molecule has 4 fully saturated rings. The van der Waals surface area contributed by atoms with Gasteiger partial charge in [-0.25, -0.2) is 0 Å². The lowest BCUT2D eigenvalue weighted by atomic mass is 9.93. The summed E-state index contributed by atoms with van der Waals surface area (Å²) in [4.78, 5) is 2.55. The van der Waals surface area contributed by atoms with E-state index >= 15 is 0 Å². The van der Waals surface area contributed by atoms with E-state index in [1.807, 2.05) is 0 Å². The maximum atomic E-state index is 5.83. The van der Waals surface area contributed by atoms with E-state index < -0.39 is 0 Å². The van der Waals surface area contributed by atoms with Crippen molar-refractivity contribution in [2.24, 2.45) is 5.41 Å². The van der Waals surface area contributed by atoms with E-state index in [9.17, 15) is 0 Å². The van der Waals surface area contributed by atoms with Crippen molar-refractivity contribution in [3.63, 3.8) is 0 Å². The molecule has 0 radical (unpaired) electrons. The normalized spacial score (nSPS) is 46.1. The molecule has 4 rings (SSSR count). The SMILES string of the molecule is C1COC(C2OC2N2CCC3(CC2)CC3)C1. The second kappa shape index (κ2) is 3.44. The fraction of sp³-hybridized carbons (Fsp3) is 1.00. The molecule has 3 atom stereocenters. The van der Waals surface area contributed by atoms with Gasteiger partial charge in [-0.1, -0.05) is 0 Å². The standard InChI is InChI=1S/C13H21NO2/c1-2-10(15-9-1)11-12(16-11)14-7-5-13(3-4-13)6-8-14/h10-12H,1-9H2. The molecule has 3 unspecified atom stereocenters. The highest BCUT2D eigenvalue weighted by Gasteiger charge is 2.53. The molecule has 90 valence electrons. The number of hydrogen-bond donors (Lipinski definition) is 0. The maximum Gasteiger partial charge on any atom is 0.140 e. The van der Waals surface area contributed by atoms with Gasteiger partial charge in [-0.05, 0) is 43.9 Å². The Morgan fingerprint density at radius 3 is 2.50 bits per heavy atom. The molecule has 3 heteroatoms. The highest BCUT2D eigenvalue weighted by atomic mass is 16.6. The first-order valence-electron chi connectivity index (χ1n) is 6.88. The first kappa shape index (κ1) is 9.86. The zero-order chi connectivity index (χ0) is 10.6. The zero-order valence-corrected chi connectivity index (χ0v) is 9.86. The number of nitrogens with zero attached hydrogens (tertiary/aromatic N) is 1. The first-order valence-corrected chi connectivity index (χ1v) is 6.88. The van der Waals surface area contributed by atoms with Crippen LogP contribution in [0.5, 0.6) is 0 Å². The van der Waals surface area contributed by atoms with E-state index in [0.29, 0.717) is 18.4 Å². The predicted octanol–water partition coefficient (Wildman–Crippen LogP) is 1.77. The van der Waals surface area contributed by atoms with Crippen molar-refractivity contribution in [1.82, 2.24) is 4.90 Å². The van der Waals surface area contributed by atoms with Crippen molar-refractivity contribution in [2.45, 2.75) is 57.0 Å². The molecule has 0 N–H and O–H groups in total.